The third-order valence-electron chi connectivity index (χ3n) is 26.0. The number of carbonyl (C=O) groups is 6. The Hall–Kier alpha value is -11.6. The van der Waals surface area contributed by atoms with Crippen LogP contribution in [0.5, 0.6) is 0 Å². The number of aromatic nitrogens is 6. The molecule has 1 amide bonds. The molecule has 137 heavy (non-hydrogen) atoms. The zero-order valence-corrected chi connectivity index (χ0v) is 84.9. The summed E-state index contributed by atoms with van der Waals surface area (Å²) in [5, 5.41) is 32.3. The van der Waals surface area contributed by atoms with Crippen molar-refractivity contribution in [3.8, 4) is 11.4 Å². The molecule has 6 aromatic heterocycles. The number of carboxylic acids is 2. The number of nitrogens with one attached hydrogen (secondary N) is 4. The predicted molar refractivity (Wildman–Crippen MR) is 539 cm³/mol. The second-order valence-electron chi connectivity index (χ2n) is 35.3. The lowest BCUT2D eigenvalue weighted by atomic mass is 9.91. The molecule has 14 aromatic rings. The number of rotatable bonds is 19. The van der Waals surface area contributed by atoms with Gasteiger partial charge in [0.15, 0.2) is 21.5 Å². The Morgan fingerprint density at radius 3 is 1.12 bits per heavy atom. The van der Waals surface area contributed by atoms with Crippen LogP contribution < -0.4 is 16.0 Å². The molecule has 0 radical (unpaired) electrons. The van der Waals surface area contributed by atoms with Crippen LogP contribution in [0.25, 0.3) is 65.9 Å². The summed E-state index contributed by atoms with van der Waals surface area (Å²) in [6.07, 6.45) is 16.0. The number of aromatic carboxylic acids is 2. The number of benzene rings is 8. The van der Waals surface area contributed by atoms with Crippen LogP contribution >= 0.6 is 33.9 Å². The maximum absolute atomic E-state index is 14.8. The van der Waals surface area contributed by atoms with Crippen LogP contribution in [0, 0.1) is 50.1 Å². The number of methoxy groups -OCH3 is 3. The van der Waals surface area contributed by atoms with Gasteiger partial charge in [-0.05, 0) is 259 Å². The van der Waals surface area contributed by atoms with Gasteiger partial charge in [-0.25, -0.2) is 64.1 Å². The maximum atomic E-state index is 14.8. The third-order valence-corrected chi connectivity index (χ3v) is 41.0. The van der Waals surface area contributed by atoms with Crippen molar-refractivity contribution in [3.63, 3.8) is 0 Å². The van der Waals surface area contributed by atoms with Crippen LogP contribution in [0.4, 0.5) is 35.1 Å². The van der Waals surface area contributed by atoms with Gasteiger partial charge in [-0.2, -0.15) is 0 Å². The smallest absolute Gasteiger partial charge is 0.340 e. The molecule has 730 valence electrons. The number of thiazole rings is 1. The summed E-state index contributed by atoms with van der Waals surface area (Å²) in [6, 6.07) is 43.6. The second kappa shape index (κ2) is 48.6. The van der Waals surface area contributed by atoms with E-state index < -0.39 is 75.4 Å². The number of carboxylic acid groups (broad SMARTS) is 2. The molecule has 8 aromatic carbocycles. The van der Waals surface area contributed by atoms with Gasteiger partial charge in [0.1, 0.15) is 46.5 Å². The van der Waals surface area contributed by atoms with Crippen molar-refractivity contribution in [2.24, 2.45) is 0 Å². The van der Waals surface area contributed by atoms with Gasteiger partial charge >= 0.3 is 29.8 Å². The zero-order chi connectivity index (χ0) is 100. The molecule has 2 saturated heterocycles. The number of hydrogen-bond donors (Lipinski definition) is 6. The van der Waals surface area contributed by atoms with Gasteiger partial charge < -0.3 is 67.9 Å². The van der Waals surface area contributed by atoms with Crippen LogP contribution in [0.1, 0.15) is 170 Å². The molecule has 3 fully saturated rings. The summed E-state index contributed by atoms with van der Waals surface area (Å²) in [5.41, 5.74) is 7.05. The van der Waals surface area contributed by atoms with E-state index in [-0.39, 0.29) is 56.6 Å². The van der Waals surface area contributed by atoms with Crippen LogP contribution in [0.15, 0.2) is 206 Å². The van der Waals surface area contributed by atoms with E-state index in [1.165, 1.54) is 131 Å². The number of carbonyl (C=O) groups excluding carboxylic acids is 4. The van der Waals surface area contributed by atoms with Crippen LogP contribution in [0.2, 0.25) is 33.2 Å². The molecule has 1 aliphatic carbocycles. The first kappa shape index (κ1) is 107. The minimum atomic E-state index is -1.98. The molecular weight excluding hydrogens is 1930 g/mol. The summed E-state index contributed by atoms with van der Waals surface area (Å²) in [5.74, 6) is -8.39. The van der Waals surface area contributed by atoms with Gasteiger partial charge in [-0.3, -0.25) is 9.69 Å². The van der Waals surface area contributed by atoms with Gasteiger partial charge in [-0.15, -0.1) is 11.3 Å². The number of aromatic amines is 1. The minimum Gasteiger partial charge on any atom is -0.478 e. The fourth-order valence-corrected chi connectivity index (χ4v) is 33.7. The van der Waals surface area contributed by atoms with Gasteiger partial charge in [0.25, 0.3) is 5.91 Å². The molecule has 2 aliphatic heterocycles. The Bertz CT molecular complexity index is 6380. The standard InChI is InChI=1S/C19H28FNO2Si.C18H26FNO2Si.C16H11F2NO2.C15H9F2NO2.C11H16N4OS.C10H8FNO2.C8H18N2.C6H4FI/c1-12(2)24(13(3)4,14(5)6)21-11-10-15-17(21)9-8-16(18(15)20)19(22)23-7;1-11(2)23(12(3)4,13(5)6)20-10-9-14-16(20)8-7-15(17(14)19)18(21)22;1-21-16(20)13-6-7-14-12(15(13)18)8-9-19(14)11-4-2-10(17)3-5-11;16-9-1-3-10(4-2-9)18-8-7-11-13(18)6-5-12(14(11)17)15(19)20;16-11(10-13-1-6-17-10)15-4-2-14(3-5-15)9-7-12-8-9;1-14-10(13)7-2-3-8-6(9(7)11)4-5-12-8;1-9-7-5-3-4-6-8(7)10-2;7-5-1-3-6(8)4-2-5/h8-14H,1-7H3;7-13H,1-6H3,(H,21,22);2-9H,1H3;1-8H,(H,19,20);1,6,9,12H,2-5,7-8H2;2-5,12H,1H3;7-10H,3-6H2,1-2H3;1-4H/t;;;;;;7-,8-;/m......0./s1. The number of H-pyrrole nitrogens is 1. The number of amides is 1. The van der Waals surface area contributed by atoms with E-state index in [0.717, 1.165) is 53.9 Å². The number of hydrogen-bond acceptors (Lipinski definition) is 15. The van der Waals surface area contributed by atoms with Gasteiger partial charge in [0, 0.05) is 146 Å². The zero-order valence-electron chi connectivity index (χ0n) is 79.9. The van der Waals surface area contributed by atoms with Crippen molar-refractivity contribution < 1.29 is 88.3 Å². The van der Waals surface area contributed by atoms with Crippen molar-refractivity contribution in [2.45, 2.75) is 160 Å². The first-order chi connectivity index (χ1) is 65.3. The van der Waals surface area contributed by atoms with Gasteiger partial charge in [0.05, 0.1) is 60.2 Å². The summed E-state index contributed by atoms with van der Waals surface area (Å²) in [6.45, 7) is 33.0. The normalized spacial score (nSPS) is 14.5. The average molecular weight is 2060 g/mol. The fraction of sp³-hybridized carbons (Fsp3) is 0.350. The molecule has 1 saturated carbocycles. The van der Waals surface area contributed by atoms with E-state index in [2.05, 4.69) is 173 Å². The molecule has 17 rings (SSSR count). The molecule has 2 atom stereocenters. The molecule has 0 unspecified atom stereocenters. The van der Waals surface area contributed by atoms with Crippen LogP contribution in [0.3, 0.4) is 0 Å². The van der Waals surface area contributed by atoms with Crippen molar-refractivity contribution >= 4 is 141 Å². The number of piperazine rings is 1. The molecule has 0 bridgehead atoms. The lowest BCUT2D eigenvalue weighted by Gasteiger charge is -2.44. The SMILES string of the molecule is CC(C)[Si](C(C)C)(C(C)C)n1ccc2c(F)c(C(=O)O)ccc21.CN[C@H]1CCCC[C@@H]1NC.COC(=O)c1ccc2[nH]ccc2c1F.COC(=O)c1ccc2c(ccn2-c2ccc(F)cc2)c1F.COC(=O)c1ccc2c(ccn2[Si](C(C)C)(C(C)C)C(C)C)c1F.Fc1ccc(I)cc1.O=C(O)c1ccc2c(ccn2-c2ccc(F)cc2)c1F.O=C(c1nccs1)N1CCN(C2CNC2)CC1. The molecular formula is C103H120F8IN11O11SSi2. The Balaban J connectivity index is 0.000000164. The quantitative estimate of drug-likeness (QED) is 0.0145. The molecule has 8 heterocycles. The Morgan fingerprint density at radius 1 is 0.438 bits per heavy atom. The number of likely N-dealkylation sites (N-methyl/N-ethyl adjacent to an activating group) is 2. The van der Waals surface area contributed by atoms with Crippen molar-refractivity contribution in [3.05, 3.63) is 289 Å². The van der Waals surface area contributed by atoms with Gasteiger partial charge in [-0.1, -0.05) is 95.9 Å². The Morgan fingerprint density at radius 2 is 0.781 bits per heavy atom. The highest BCUT2D eigenvalue weighted by Gasteiger charge is 2.48. The number of esters is 3. The van der Waals surface area contributed by atoms with E-state index in [1.54, 1.807) is 119 Å². The highest BCUT2D eigenvalue weighted by molar-refractivity contribution is 14.1. The predicted octanol–water partition coefficient (Wildman–Crippen LogP) is 23.5. The van der Waals surface area contributed by atoms with Crippen LogP contribution in [-0.2, 0) is 14.2 Å². The van der Waals surface area contributed by atoms with Crippen molar-refractivity contribution in [1.82, 2.24) is 53.3 Å². The fourth-order valence-electron chi connectivity index (χ4n) is 19.5. The van der Waals surface area contributed by atoms with E-state index in [1.807, 2.05) is 28.7 Å². The minimum absolute atomic E-state index is 0.00587. The van der Waals surface area contributed by atoms with E-state index in [9.17, 15) is 63.9 Å². The maximum Gasteiger partial charge on any atom is 0.340 e. The average Bonchev–Trinajstić information content (AvgIpc) is 1.63. The number of nitrogens with zero attached hydrogens (tertiary/aromatic N) is 7. The highest BCUT2D eigenvalue weighted by atomic mass is 127. The Kier molecular flexibility index (Phi) is 38.1. The lowest BCUT2D eigenvalue weighted by molar-refractivity contribution is 0.0500. The molecule has 3 aliphatic rings. The highest BCUT2D eigenvalue weighted by Crippen LogP contribution is 2.47. The number of halogens is 9. The first-order valence-corrected chi connectivity index (χ1v) is 51.7. The number of fused-ring (bicyclic) bond motifs is 5. The molecule has 6 N–H and O–H groups in total. The molecule has 34 heteroatoms. The number of ether oxygens (including phenoxy) is 3. The van der Waals surface area contributed by atoms with Crippen LogP contribution in [-0.4, -0.2) is 193 Å². The van der Waals surface area contributed by atoms with E-state index in [4.69, 9.17) is 10.2 Å². The summed E-state index contributed by atoms with van der Waals surface area (Å²) in [4.78, 5) is 79.8. The summed E-state index contributed by atoms with van der Waals surface area (Å²) >= 11 is 3.55. The van der Waals surface area contributed by atoms with Crippen molar-refractivity contribution in [1.29, 1.82) is 0 Å². The third kappa shape index (κ3) is 24.2. The second-order valence-corrected chi connectivity index (χ2v) is 48.9. The topological polar surface area (TPSA) is 262 Å². The summed E-state index contributed by atoms with van der Waals surface area (Å²) < 4.78 is 132. The monoisotopic (exact) mass is 2050 g/mol. The van der Waals surface area contributed by atoms with E-state index >= 15 is 0 Å². The first-order valence-electron chi connectivity index (χ1n) is 45.4. The summed E-state index contributed by atoms with van der Waals surface area (Å²) in [7, 11) is 3.87. The van der Waals surface area contributed by atoms with Gasteiger partial charge in [0.2, 0.25) is 0 Å². The molecule has 22 nitrogen and oxygen atoms in total. The van der Waals surface area contributed by atoms with E-state index in [0.29, 0.717) is 106 Å². The Labute approximate surface area is 812 Å². The molecule has 0 spiro atoms. The van der Waals surface area contributed by atoms with Crippen molar-refractivity contribution in [2.75, 3.05) is 74.7 Å². The largest absolute Gasteiger partial charge is 0.478 e. The lowest BCUT2D eigenvalue weighted by Crippen LogP contribution is -2.62.